The van der Waals surface area contributed by atoms with Gasteiger partial charge in [-0.15, -0.1) is 0 Å². The normalized spacial score (nSPS) is 12.9. The van der Waals surface area contributed by atoms with Crippen molar-refractivity contribution in [1.29, 1.82) is 0 Å². The maximum absolute atomic E-state index is 13.2. The van der Waals surface area contributed by atoms with Crippen LogP contribution in [-0.4, -0.2) is 35.4 Å². The van der Waals surface area contributed by atoms with Crippen LogP contribution in [0.15, 0.2) is 48.5 Å². The highest BCUT2D eigenvalue weighted by atomic mass is 35.5. The van der Waals surface area contributed by atoms with E-state index in [1.165, 1.54) is 4.90 Å². The number of ether oxygens (including phenoxy) is 1. The minimum Gasteiger partial charge on any atom is -0.483 e. The molecule has 0 bridgehead atoms. The average molecular weight is 445 g/mol. The largest absolute Gasteiger partial charge is 0.483 e. The predicted octanol–water partition coefficient (Wildman–Crippen LogP) is 5.17. The van der Waals surface area contributed by atoms with Gasteiger partial charge in [0.25, 0.3) is 5.91 Å². The summed E-state index contributed by atoms with van der Waals surface area (Å²) in [6.45, 7) is 9.90. The summed E-state index contributed by atoms with van der Waals surface area (Å²) in [7, 11) is 0. The van der Waals surface area contributed by atoms with E-state index in [1.54, 1.807) is 13.0 Å². The molecule has 0 spiro atoms. The third kappa shape index (κ3) is 7.00. The Morgan fingerprint density at radius 2 is 1.68 bits per heavy atom. The number of carbonyl (C=O) groups excluding carboxylic acids is 2. The molecule has 2 aromatic rings. The molecule has 2 atom stereocenters. The first kappa shape index (κ1) is 24.7. The number of nitrogens with zero attached hydrogens (tertiary/aromatic N) is 1. The van der Waals surface area contributed by atoms with E-state index in [4.69, 9.17) is 16.3 Å². The van der Waals surface area contributed by atoms with Gasteiger partial charge in [-0.3, -0.25) is 9.59 Å². The van der Waals surface area contributed by atoms with Crippen molar-refractivity contribution in [2.75, 3.05) is 6.61 Å². The summed E-state index contributed by atoms with van der Waals surface area (Å²) in [6.07, 6.45) is 0.812. The fourth-order valence-corrected chi connectivity index (χ4v) is 3.37. The Hall–Kier alpha value is -2.53. The molecule has 2 rings (SSSR count). The summed E-state index contributed by atoms with van der Waals surface area (Å²) in [5.74, 6) is 0.480. The van der Waals surface area contributed by atoms with Crippen LogP contribution in [0.5, 0.6) is 5.75 Å². The van der Waals surface area contributed by atoms with E-state index >= 15 is 0 Å². The van der Waals surface area contributed by atoms with Crippen molar-refractivity contribution in [3.8, 4) is 5.75 Å². The zero-order valence-corrected chi connectivity index (χ0v) is 19.8. The molecule has 2 amide bonds. The van der Waals surface area contributed by atoms with Crippen LogP contribution in [0.2, 0.25) is 5.02 Å². The van der Waals surface area contributed by atoms with Crippen molar-refractivity contribution in [2.45, 2.75) is 65.6 Å². The first-order chi connectivity index (χ1) is 14.7. The van der Waals surface area contributed by atoms with Gasteiger partial charge < -0.3 is 15.0 Å². The number of carbonyl (C=O) groups is 2. The Labute approximate surface area is 190 Å². The van der Waals surface area contributed by atoms with Crippen LogP contribution in [0.3, 0.4) is 0 Å². The fourth-order valence-electron chi connectivity index (χ4n) is 3.17. The molecule has 6 heteroatoms. The number of benzene rings is 2. The van der Waals surface area contributed by atoms with E-state index in [2.05, 4.69) is 19.2 Å². The molecule has 168 valence electrons. The van der Waals surface area contributed by atoms with Crippen LogP contribution in [0.4, 0.5) is 0 Å². The standard InChI is InChI=1S/C25H33ClN2O3/c1-6-18(4)27-25(30)19(5)28(15-20-11-7-9-13-22(20)26)24(29)16-31-23-14-10-8-12-21(23)17(2)3/h7-14,17-19H,6,15-16H2,1-5H3,(H,27,30)/t18-,19+/m0/s1. The van der Waals surface area contributed by atoms with Gasteiger partial charge in [0.2, 0.25) is 5.91 Å². The van der Waals surface area contributed by atoms with Gasteiger partial charge in [-0.1, -0.05) is 68.8 Å². The van der Waals surface area contributed by atoms with Gasteiger partial charge in [0.15, 0.2) is 6.61 Å². The van der Waals surface area contributed by atoms with Gasteiger partial charge in [-0.05, 0) is 49.4 Å². The molecular formula is C25H33ClN2O3. The van der Waals surface area contributed by atoms with Gasteiger partial charge in [-0.25, -0.2) is 0 Å². The Balaban J connectivity index is 2.21. The Morgan fingerprint density at radius 1 is 1.03 bits per heavy atom. The van der Waals surface area contributed by atoms with Gasteiger partial charge >= 0.3 is 0 Å². The number of amides is 2. The minimum atomic E-state index is -0.665. The quantitative estimate of drug-likeness (QED) is 0.549. The van der Waals surface area contributed by atoms with Crippen LogP contribution < -0.4 is 10.1 Å². The summed E-state index contributed by atoms with van der Waals surface area (Å²) < 4.78 is 5.89. The lowest BCUT2D eigenvalue weighted by molar-refractivity contribution is -0.142. The minimum absolute atomic E-state index is 0.0291. The Kier molecular flexibility index (Phi) is 9.38. The molecule has 31 heavy (non-hydrogen) atoms. The van der Waals surface area contributed by atoms with Gasteiger partial charge in [-0.2, -0.15) is 0 Å². The number of rotatable bonds is 10. The lowest BCUT2D eigenvalue weighted by atomic mass is 10.0. The SMILES string of the molecule is CC[C@H](C)NC(=O)[C@@H](C)N(Cc1ccccc1Cl)C(=O)COc1ccccc1C(C)C. The molecule has 2 aromatic carbocycles. The molecule has 0 fully saturated rings. The molecule has 0 unspecified atom stereocenters. The Morgan fingerprint density at radius 3 is 2.32 bits per heavy atom. The number of hydrogen-bond donors (Lipinski definition) is 1. The zero-order valence-electron chi connectivity index (χ0n) is 19.0. The third-order valence-electron chi connectivity index (χ3n) is 5.36. The number of halogens is 1. The highest BCUT2D eigenvalue weighted by molar-refractivity contribution is 6.31. The number of hydrogen-bond acceptors (Lipinski definition) is 3. The van der Waals surface area contributed by atoms with E-state index in [0.29, 0.717) is 10.8 Å². The highest BCUT2D eigenvalue weighted by Crippen LogP contribution is 2.26. The van der Waals surface area contributed by atoms with Crippen molar-refractivity contribution >= 4 is 23.4 Å². The molecule has 1 N–H and O–H groups in total. The molecule has 0 aliphatic heterocycles. The van der Waals surface area contributed by atoms with Gasteiger partial charge in [0.05, 0.1) is 0 Å². The summed E-state index contributed by atoms with van der Waals surface area (Å²) in [4.78, 5) is 27.5. The van der Waals surface area contributed by atoms with E-state index in [-0.39, 0.29) is 36.9 Å². The fraction of sp³-hybridized carbons (Fsp3) is 0.440. The molecule has 0 saturated carbocycles. The smallest absolute Gasteiger partial charge is 0.261 e. The van der Waals surface area contributed by atoms with Crippen molar-refractivity contribution in [1.82, 2.24) is 10.2 Å². The second-order valence-electron chi connectivity index (χ2n) is 8.09. The van der Waals surface area contributed by atoms with E-state index < -0.39 is 6.04 Å². The molecule has 0 aliphatic carbocycles. The highest BCUT2D eigenvalue weighted by Gasteiger charge is 2.27. The maximum atomic E-state index is 13.2. The molecular weight excluding hydrogens is 412 g/mol. The summed E-state index contributed by atoms with van der Waals surface area (Å²) >= 11 is 6.32. The molecule has 5 nitrogen and oxygen atoms in total. The Bertz CT molecular complexity index is 885. The average Bonchev–Trinajstić information content (AvgIpc) is 2.76. The number of para-hydroxylation sites is 1. The monoisotopic (exact) mass is 444 g/mol. The van der Waals surface area contributed by atoms with Crippen molar-refractivity contribution < 1.29 is 14.3 Å². The summed E-state index contributed by atoms with van der Waals surface area (Å²) in [5.41, 5.74) is 1.82. The van der Waals surface area contributed by atoms with Crippen molar-refractivity contribution in [3.63, 3.8) is 0 Å². The van der Waals surface area contributed by atoms with E-state index in [9.17, 15) is 9.59 Å². The van der Waals surface area contributed by atoms with E-state index in [1.807, 2.05) is 56.3 Å². The van der Waals surface area contributed by atoms with Gasteiger partial charge in [0.1, 0.15) is 11.8 Å². The van der Waals surface area contributed by atoms with Crippen LogP contribution in [0.25, 0.3) is 0 Å². The van der Waals surface area contributed by atoms with Crippen molar-refractivity contribution in [3.05, 3.63) is 64.7 Å². The first-order valence-corrected chi connectivity index (χ1v) is 11.2. The molecule has 0 heterocycles. The molecule has 0 aliphatic rings. The lowest BCUT2D eigenvalue weighted by Crippen LogP contribution is -2.50. The number of nitrogens with one attached hydrogen (secondary N) is 1. The van der Waals surface area contributed by atoms with Crippen LogP contribution in [0.1, 0.15) is 58.1 Å². The summed E-state index contributed by atoms with van der Waals surface area (Å²) in [5, 5.41) is 3.51. The van der Waals surface area contributed by atoms with Crippen LogP contribution >= 0.6 is 11.6 Å². The lowest BCUT2D eigenvalue weighted by Gasteiger charge is -2.30. The molecule has 0 saturated heterocycles. The van der Waals surface area contributed by atoms with Crippen LogP contribution in [-0.2, 0) is 16.1 Å². The second-order valence-corrected chi connectivity index (χ2v) is 8.50. The van der Waals surface area contributed by atoms with Gasteiger partial charge in [0, 0.05) is 17.6 Å². The zero-order chi connectivity index (χ0) is 23.0. The van der Waals surface area contributed by atoms with E-state index in [0.717, 1.165) is 17.5 Å². The van der Waals surface area contributed by atoms with Crippen molar-refractivity contribution in [2.24, 2.45) is 0 Å². The predicted molar refractivity (Wildman–Crippen MR) is 125 cm³/mol. The van der Waals surface area contributed by atoms with Crippen LogP contribution in [0, 0.1) is 0 Å². The molecule has 0 aromatic heterocycles. The second kappa shape index (κ2) is 11.8. The molecule has 0 radical (unpaired) electrons. The maximum Gasteiger partial charge on any atom is 0.261 e. The summed E-state index contributed by atoms with van der Waals surface area (Å²) in [6, 6.07) is 14.4. The third-order valence-corrected chi connectivity index (χ3v) is 5.73. The first-order valence-electron chi connectivity index (χ1n) is 10.8. The topological polar surface area (TPSA) is 58.6 Å².